The third kappa shape index (κ3) is 7.14. The molecule has 3 aromatic heterocycles. The van der Waals surface area contributed by atoms with Gasteiger partial charge < -0.3 is 0 Å². The molecule has 15 aromatic rings. The van der Waals surface area contributed by atoms with Crippen molar-refractivity contribution < 1.29 is 0 Å². The van der Waals surface area contributed by atoms with Crippen molar-refractivity contribution in [2.45, 2.75) is 0 Å². The van der Waals surface area contributed by atoms with Crippen LogP contribution in [0.3, 0.4) is 0 Å². The van der Waals surface area contributed by atoms with Crippen molar-refractivity contribution >= 4 is 95.6 Å². The van der Waals surface area contributed by atoms with Gasteiger partial charge in [-0.25, -0.2) is 4.98 Å². The average Bonchev–Trinajstić information content (AvgIpc) is 4.06. The molecule has 0 bridgehead atoms. The Morgan fingerprint density at radius 1 is 0.243 bits per heavy atom. The second-order valence-electron chi connectivity index (χ2n) is 19.2. The highest BCUT2D eigenvalue weighted by Gasteiger charge is 2.21. The Balaban J connectivity index is 1.03. The smallest absolute Gasteiger partial charge is 0.0979 e. The predicted molar refractivity (Wildman–Crippen MR) is 318 cm³/mol. The summed E-state index contributed by atoms with van der Waals surface area (Å²) in [6.07, 6.45) is 1.99. The summed E-state index contributed by atoms with van der Waals surface area (Å²) in [5.74, 6) is 0. The zero-order valence-electron chi connectivity index (χ0n) is 40.0. The van der Waals surface area contributed by atoms with E-state index in [1.54, 1.807) is 0 Å². The number of benzene rings is 12. The van der Waals surface area contributed by atoms with E-state index in [0.717, 1.165) is 44.2 Å². The first kappa shape index (κ1) is 42.6. The van der Waals surface area contributed by atoms with E-state index >= 15 is 0 Å². The lowest BCUT2D eigenvalue weighted by molar-refractivity contribution is 1.31. The molecular formula is C70H42N2S2. The van der Waals surface area contributed by atoms with Crippen LogP contribution in [0.15, 0.2) is 255 Å². The third-order valence-corrected chi connectivity index (χ3v) is 17.3. The first-order chi connectivity index (χ1) is 36.6. The Kier molecular flexibility index (Phi) is 9.97. The molecule has 12 aromatic carbocycles. The first-order valence-corrected chi connectivity index (χ1v) is 26.7. The van der Waals surface area contributed by atoms with E-state index in [4.69, 9.17) is 9.97 Å². The highest BCUT2D eigenvalue weighted by molar-refractivity contribution is 7.26. The SMILES string of the molecule is c1ccc(-c2ccc3sc4c(-c5cc(-c6cnc7c8ccccc8c8ccccc8c7n6)cc(-c6cc(-c7ccccc7)cc7c6sc6ccc(-c8ccccc8)cc67)c5)cc(-c5ccccc5)cc4c3c2)cc1. The van der Waals surface area contributed by atoms with E-state index in [1.807, 2.05) is 28.9 Å². The molecule has 74 heavy (non-hydrogen) atoms. The summed E-state index contributed by atoms with van der Waals surface area (Å²) < 4.78 is 5.04. The van der Waals surface area contributed by atoms with Crippen molar-refractivity contribution in [2.24, 2.45) is 0 Å². The summed E-state index contributed by atoms with van der Waals surface area (Å²) >= 11 is 3.75. The molecule has 0 saturated heterocycles. The van der Waals surface area contributed by atoms with Crippen molar-refractivity contribution in [3.05, 3.63) is 255 Å². The van der Waals surface area contributed by atoms with Crippen LogP contribution in [0.4, 0.5) is 0 Å². The summed E-state index contributed by atoms with van der Waals surface area (Å²) in [5.41, 5.74) is 17.9. The Labute approximate surface area is 435 Å². The van der Waals surface area contributed by atoms with Crippen LogP contribution in [0, 0.1) is 0 Å². The fourth-order valence-electron chi connectivity index (χ4n) is 11.2. The second kappa shape index (κ2) is 17.3. The molecule has 0 spiro atoms. The summed E-state index contributed by atoms with van der Waals surface area (Å²) in [6, 6.07) is 91.1. The maximum atomic E-state index is 5.64. The van der Waals surface area contributed by atoms with E-state index in [1.165, 1.54) is 107 Å². The number of rotatable bonds is 7. The van der Waals surface area contributed by atoms with E-state index in [9.17, 15) is 0 Å². The minimum atomic E-state index is 0.833. The summed E-state index contributed by atoms with van der Waals surface area (Å²) in [7, 11) is 0. The van der Waals surface area contributed by atoms with Crippen molar-refractivity contribution in [3.8, 4) is 78.0 Å². The maximum absolute atomic E-state index is 5.64. The Morgan fingerprint density at radius 3 is 1.08 bits per heavy atom. The minimum Gasteiger partial charge on any atom is -0.252 e. The van der Waals surface area contributed by atoms with Gasteiger partial charge in [0.15, 0.2) is 0 Å². The fraction of sp³-hybridized carbons (Fsp3) is 0. The molecular weight excluding hydrogens is 933 g/mol. The summed E-state index contributed by atoms with van der Waals surface area (Å²) in [6.45, 7) is 0. The van der Waals surface area contributed by atoms with Crippen molar-refractivity contribution in [3.63, 3.8) is 0 Å². The van der Waals surface area contributed by atoms with Crippen LogP contribution in [0.5, 0.6) is 0 Å². The molecule has 0 aliphatic carbocycles. The van der Waals surface area contributed by atoms with Gasteiger partial charge in [-0.05, 0) is 133 Å². The number of fused-ring (bicyclic) bond motifs is 12. The molecule has 0 atom stereocenters. The number of hydrogen-bond donors (Lipinski definition) is 0. The molecule has 2 nitrogen and oxygen atoms in total. The van der Waals surface area contributed by atoms with Gasteiger partial charge >= 0.3 is 0 Å². The van der Waals surface area contributed by atoms with E-state index < -0.39 is 0 Å². The van der Waals surface area contributed by atoms with Gasteiger partial charge in [-0.1, -0.05) is 182 Å². The van der Waals surface area contributed by atoms with E-state index in [-0.39, 0.29) is 0 Å². The number of hydrogen-bond acceptors (Lipinski definition) is 4. The van der Waals surface area contributed by atoms with Crippen LogP contribution in [-0.2, 0) is 0 Å². The molecule has 0 radical (unpaired) electrons. The van der Waals surface area contributed by atoms with E-state index in [2.05, 4.69) is 249 Å². The topological polar surface area (TPSA) is 25.8 Å². The van der Waals surface area contributed by atoms with Gasteiger partial charge in [-0.15, -0.1) is 22.7 Å². The Bertz CT molecular complexity index is 4440. The van der Waals surface area contributed by atoms with Crippen molar-refractivity contribution in [2.75, 3.05) is 0 Å². The fourth-order valence-corrected chi connectivity index (χ4v) is 13.6. The monoisotopic (exact) mass is 974 g/mol. The van der Waals surface area contributed by atoms with Gasteiger partial charge in [-0.2, -0.15) is 0 Å². The number of thiophene rings is 2. The Hall–Kier alpha value is -9.06. The van der Waals surface area contributed by atoms with Crippen LogP contribution < -0.4 is 0 Å². The third-order valence-electron chi connectivity index (χ3n) is 14.8. The summed E-state index contributed by atoms with van der Waals surface area (Å²) in [5, 5.41) is 9.60. The highest BCUT2D eigenvalue weighted by Crippen LogP contribution is 2.49. The molecule has 0 unspecified atom stereocenters. The lowest BCUT2D eigenvalue weighted by Crippen LogP contribution is -1.94. The predicted octanol–water partition coefficient (Wildman–Crippen LogP) is 20.3. The van der Waals surface area contributed by atoms with Gasteiger partial charge in [0.2, 0.25) is 0 Å². The van der Waals surface area contributed by atoms with Crippen LogP contribution in [0.1, 0.15) is 0 Å². The number of aromatic nitrogens is 2. The van der Waals surface area contributed by atoms with Gasteiger partial charge in [0.05, 0.1) is 22.9 Å². The molecule has 0 N–H and O–H groups in total. The molecule has 0 saturated carbocycles. The highest BCUT2D eigenvalue weighted by atomic mass is 32.1. The lowest BCUT2D eigenvalue weighted by Gasteiger charge is -2.15. The molecule has 344 valence electrons. The lowest BCUT2D eigenvalue weighted by atomic mass is 9.90. The summed E-state index contributed by atoms with van der Waals surface area (Å²) in [4.78, 5) is 11.0. The first-order valence-electron chi connectivity index (χ1n) is 25.1. The van der Waals surface area contributed by atoms with Gasteiger partial charge in [0, 0.05) is 67.8 Å². The molecule has 0 aliphatic heterocycles. The maximum Gasteiger partial charge on any atom is 0.0979 e. The zero-order valence-corrected chi connectivity index (χ0v) is 41.6. The standard InChI is InChI=1S/C70H42N2S2/c1-5-17-43(18-6-1)47-29-31-65-60(36-47)62-40-49(45-21-9-3-10-22-45)38-58(69(62)73-65)51-33-52(35-53(34-51)64-42-71-67-56-27-15-13-25-54(56)55-26-14-16-28-57(55)68(67)72-64)59-39-50(46-23-11-4-12-24-46)41-63-61-37-48(44-19-7-2-8-20-44)30-32-66(61)74-70(59)63/h1-42H. The molecule has 0 amide bonds. The molecule has 0 fully saturated rings. The van der Waals surface area contributed by atoms with Crippen LogP contribution in [0.25, 0.3) is 151 Å². The normalized spacial score (nSPS) is 11.8. The minimum absolute atomic E-state index is 0.833. The second-order valence-corrected chi connectivity index (χ2v) is 21.3. The molecule has 0 aliphatic rings. The van der Waals surface area contributed by atoms with Crippen LogP contribution >= 0.6 is 22.7 Å². The van der Waals surface area contributed by atoms with Crippen molar-refractivity contribution in [1.82, 2.24) is 9.97 Å². The van der Waals surface area contributed by atoms with Gasteiger partial charge in [0.1, 0.15) is 0 Å². The largest absolute Gasteiger partial charge is 0.252 e. The quantitative estimate of drug-likeness (QED) is 0.149. The molecule has 3 heterocycles. The van der Waals surface area contributed by atoms with E-state index in [0.29, 0.717) is 0 Å². The zero-order chi connectivity index (χ0) is 48.7. The Morgan fingerprint density at radius 2 is 0.622 bits per heavy atom. The van der Waals surface area contributed by atoms with Crippen molar-refractivity contribution in [1.29, 1.82) is 0 Å². The molecule has 4 heteroatoms. The number of nitrogens with zero attached hydrogens (tertiary/aromatic N) is 2. The van der Waals surface area contributed by atoms with Crippen LogP contribution in [-0.4, -0.2) is 9.97 Å². The van der Waals surface area contributed by atoms with Crippen LogP contribution in [0.2, 0.25) is 0 Å². The molecule has 15 rings (SSSR count). The van der Waals surface area contributed by atoms with Gasteiger partial charge in [-0.3, -0.25) is 4.98 Å². The van der Waals surface area contributed by atoms with Gasteiger partial charge in [0.25, 0.3) is 0 Å². The average molecular weight is 975 g/mol.